The van der Waals surface area contributed by atoms with Crippen molar-refractivity contribution in [1.29, 1.82) is 0 Å². The molecule has 6 heteroatoms. The van der Waals surface area contributed by atoms with Crippen LogP contribution in [-0.2, 0) is 16.6 Å². The van der Waals surface area contributed by atoms with Crippen molar-refractivity contribution in [3.8, 4) is 0 Å². The maximum atomic E-state index is 12.8. The Balaban J connectivity index is 2.27. The minimum Gasteiger partial charge on any atom is -0.313 e. The van der Waals surface area contributed by atoms with Crippen molar-refractivity contribution in [2.75, 3.05) is 25.4 Å². The first-order chi connectivity index (χ1) is 9.95. The lowest BCUT2D eigenvalue weighted by Gasteiger charge is -2.29. The van der Waals surface area contributed by atoms with Gasteiger partial charge in [0.25, 0.3) is 0 Å². The molecule has 2 rings (SSSR count). The maximum absolute atomic E-state index is 12.8. The summed E-state index contributed by atoms with van der Waals surface area (Å²) in [5.74, 6) is 0.872. The lowest BCUT2D eigenvalue weighted by molar-refractivity contribution is 0.424. The fourth-order valence-electron chi connectivity index (χ4n) is 2.41. The first-order valence-corrected chi connectivity index (χ1v) is 9.86. The lowest BCUT2D eigenvalue weighted by Crippen LogP contribution is -2.41. The van der Waals surface area contributed by atoms with Gasteiger partial charge < -0.3 is 5.32 Å². The van der Waals surface area contributed by atoms with E-state index < -0.39 is 10.0 Å². The molecule has 1 atom stereocenters. The molecular weight excluding hydrogens is 304 g/mol. The van der Waals surface area contributed by atoms with Gasteiger partial charge in [0.1, 0.15) is 0 Å². The van der Waals surface area contributed by atoms with Crippen LogP contribution in [0.15, 0.2) is 23.1 Å². The fourth-order valence-corrected chi connectivity index (χ4v) is 5.22. The summed E-state index contributed by atoms with van der Waals surface area (Å²) in [7, 11) is -3.37. The molecule has 0 aromatic heterocycles. The van der Waals surface area contributed by atoms with Crippen molar-refractivity contribution in [3.63, 3.8) is 0 Å². The van der Waals surface area contributed by atoms with Gasteiger partial charge >= 0.3 is 0 Å². The molecule has 1 N–H and O–H groups in total. The molecule has 0 saturated carbocycles. The van der Waals surface area contributed by atoms with Gasteiger partial charge in [-0.25, -0.2) is 8.42 Å². The van der Waals surface area contributed by atoms with Crippen molar-refractivity contribution < 1.29 is 8.42 Å². The van der Waals surface area contributed by atoms with Crippen molar-refractivity contribution in [1.82, 2.24) is 9.62 Å². The van der Waals surface area contributed by atoms with Crippen LogP contribution in [0.3, 0.4) is 0 Å². The van der Waals surface area contributed by atoms with Gasteiger partial charge in [0.15, 0.2) is 0 Å². The zero-order valence-electron chi connectivity index (χ0n) is 12.9. The van der Waals surface area contributed by atoms with Gasteiger partial charge in [0.2, 0.25) is 10.0 Å². The van der Waals surface area contributed by atoms with Crippen LogP contribution >= 0.6 is 11.8 Å². The molecule has 21 heavy (non-hydrogen) atoms. The Hall–Kier alpha value is -0.560. The van der Waals surface area contributed by atoms with E-state index in [0.717, 1.165) is 23.4 Å². The van der Waals surface area contributed by atoms with Crippen molar-refractivity contribution in [2.45, 2.75) is 37.5 Å². The van der Waals surface area contributed by atoms with Crippen LogP contribution < -0.4 is 5.32 Å². The predicted octanol–water partition coefficient (Wildman–Crippen LogP) is 2.23. The predicted molar refractivity (Wildman–Crippen MR) is 89.2 cm³/mol. The number of nitrogens with zero attached hydrogens (tertiary/aromatic N) is 1. The Morgan fingerprint density at radius 3 is 2.86 bits per heavy atom. The second-order valence-corrected chi connectivity index (χ2v) is 8.90. The zero-order chi connectivity index (χ0) is 15.5. The van der Waals surface area contributed by atoms with E-state index >= 15 is 0 Å². The number of aryl methyl sites for hydroxylation is 1. The molecule has 1 aromatic carbocycles. The Morgan fingerprint density at radius 1 is 1.43 bits per heavy atom. The van der Waals surface area contributed by atoms with Gasteiger partial charge in [0.05, 0.1) is 4.90 Å². The smallest absolute Gasteiger partial charge is 0.243 e. The normalized spacial score (nSPS) is 20.6. The van der Waals surface area contributed by atoms with Crippen LogP contribution in [0.4, 0.5) is 0 Å². The molecule has 0 radical (unpaired) electrons. The van der Waals surface area contributed by atoms with Gasteiger partial charge in [-0.1, -0.05) is 19.9 Å². The van der Waals surface area contributed by atoms with E-state index in [1.165, 1.54) is 0 Å². The Kier molecular flexibility index (Phi) is 5.71. The van der Waals surface area contributed by atoms with E-state index in [0.29, 0.717) is 29.8 Å². The fraction of sp³-hybridized carbons (Fsp3) is 0.600. The third kappa shape index (κ3) is 4.00. The average Bonchev–Trinajstić information content (AvgIpc) is 2.46. The van der Waals surface area contributed by atoms with Gasteiger partial charge in [-0.3, -0.25) is 0 Å². The quantitative estimate of drug-likeness (QED) is 0.900. The first-order valence-electron chi connectivity index (χ1n) is 7.37. The number of hydrogen-bond acceptors (Lipinski definition) is 4. The molecule has 1 fully saturated rings. The largest absolute Gasteiger partial charge is 0.313 e. The highest BCUT2D eigenvalue weighted by Gasteiger charge is 2.29. The van der Waals surface area contributed by atoms with Gasteiger partial charge in [-0.2, -0.15) is 16.1 Å². The van der Waals surface area contributed by atoms with Crippen LogP contribution in [0.1, 0.15) is 25.0 Å². The maximum Gasteiger partial charge on any atom is 0.243 e. The standard InChI is InChI=1S/C15H24N2O2S2/c1-4-16-10-14-9-15(6-5-12(14)2)21(18,19)17-7-8-20-13(3)11-17/h5-6,9,13,16H,4,7-8,10-11H2,1-3H3. The molecule has 0 spiro atoms. The SMILES string of the molecule is CCNCc1cc(S(=O)(=O)N2CCSC(C)C2)ccc1C. The zero-order valence-corrected chi connectivity index (χ0v) is 14.6. The van der Waals surface area contributed by atoms with Gasteiger partial charge in [-0.15, -0.1) is 0 Å². The molecule has 118 valence electrons. The third-order valence-corrected chi connectivity index (χ3v) is 6.73. The van der Waals surface area contributed by atoms with E-state index in [-0.39, 0.29) is 0 Å². The summed E-state index contributed by atoms with van der Waals surface area (Å²) in [6.07, 6.45) is 0. The van der Waals surface area contributed by atoms with Crippen LogP contribution in [-0.4, -0.2) is 43.4 Å². The molecule has 1 aromatic rings. The van der Waals surface area contributed by atoms with E-state index in [2.05, 4.69) is 12.2 Å². The second kappa shape index (κ2) is 7.13. The van der Waals surface area contributed by atoms with Crippen LogP contribution in [0, 0.1) is 6.92 Å². The number of sulfonamides is 1. The average molecular weight is 329 g/mol. The molecule has 1 saturated heterocycles. The molecule has 0 aliphatic carbocycles. The molecule has 1 aliphatic heterocycles. The first kappa shape index (κ1) is 16.8. The minimum atomic E-state index is -3.37. The van der Waals surface area contributed by atoms with Crippen LogP contribution in [0.2, 0.25) is 0 Å². The molecule has 1 aliphatic rings. The summed E-state index contributed by atoms with van der Waals surface area (Å²) in [4.78, 5) is 0.417. The Bertz CT molecular complexity index is 587. The highest BCUT2D eigenvalue weighted by Crippen LogP contribution is 2.25. The summed E-state index contributed by atoms with van der Waals surface area (Å²) < 4.78 is 27.2. The van der Waals surface area contributed by atoms with Crippen molar-refractivity contribution >= 4 is 21.8 Å². The summed E-state index contributed by atoms with van der Waals surface area (Å²) in [5.41, 5.74) is 2.18. The van der Waals surface area contributed by atoms with Gasteiger partial charge in [-0.05, 0) is 36.7 Å². The minimum absolute atomic E-state index is 0.361. The van der Waals surface area contributed by atoms with Crippen molar-refractivity contribution in [3.05, 3.63) is 29.3 Å². The highest BCUT2D eigenvalue weighted by atomic mass is 32.2. The summed E-state index contributed by atoms with van der Waals surface area (Å²) in [5, 5.41) is 3.62. The number of rotatable bonds is 5. The summed E-state index contributed by atoms with van der Waals surface area (Å²) in [6, 6.07) is 5.45. The molecule has 0 bridgehead atoms. The Morgan fingerprint density at radius 2 is 2.19 bits per heavy atom. The van der Waals surface area contributed by atoms with Crippen LogP contribution in [0.25, 0.3) is 0 Å². The van der Waals surface area contributed by atoms with Crippen LogP contribution in [0.5, 0.6) is 0 Å². The van der Waals surface area contributed by atoms with Gasteiger partial charge in [0, 0.05) is 30.6 Å². The summed E-state index contributed by atoms with van der Waals surface area (Å²) >= 11 is 1.83. The van der Waals surface area contributed by atoms with E-state index in [1.807, 2.05) is 37.7 Å². The lowest BCUT2D eigenvalue weighted by atomic mass is 10.1. The molecule has 4 nitrogen and oxygen atoms in total. The van der Waals surface area contributed by atoms with E-state index in [1.54, 1.807) is 10.4 Å². The number of nitrogens with one attached hydrogen (secondary N) is 1. The monoisotopic (exact) mass is 328 g/mol. The summed E-state index contributed by atoms with van der Waals surface area (Å²) in [6.45, 7) is 8.93. The molecule has 1 unspecified atom stereocenters. The highest BCUT2D eigenvalue weighted by molar-refractivity contribution is 8.00. The number of benzene rings is 1. The van der Waals surface area contributed by atoms with Crippen molar-refractivity contribution in [2.24, 2.45) is 0 Å². The van der Waals surface area contributed by atoms with E-state index in [4.69, 9.17) is 0 Å². The second-order valence-electron chi connectivity index (χ2n) is 5.41. The Labute approximate surface area is 132 Å². The number of hydrogen-bond donors (Lipinski definition) is 1. The van der Waals surface area contributed by atoms with E-state index in [9.17, 15) is 8.42 Å². The third-order valence-electron chi connectivity index (χ3n) is 3.73. The molecule has 0 amide bonds. The topological polar surface area (TPSA) is 49.4 Å². The number of thioether (sulfide) groups is 1. The molecule has 1 heterocycles. The molecular formula is C15H24N2O2S2.